The molecule has 0 N–H and O–H groups in total. The highest BCUT2D eigenvalue weighted by molar-refractivity contribution is 5.44. The fourth-order valence-electron chi connectivity index (χ4n) is 1.44. The zero-order valence-corrected chi connectivity index (χ0v) is 9.97. The Kier molecular flexibility index (Phi) is 4.19. The Labute approximate surface area is 100 Å². The molecular formula is C12H16O5. The van der Waals surface area contributed by atoms with Crippen LogP contribution in [0.25, 0.3) is 0 Å². The summed E-state index contributed by atoms with van der Waals surface area (Å²) in [7, 11) is 3.14. The molecule has 0 radical (unpaired) electrons. The lowest BCUT2D eigenvalue weighted by Gasteiger charge is -2.12. The van der Waals surface area contributed by atoms with Crippen LogP contribution in [-0.4, -0.2) is 34.4 Å². The number of rotatable bonds is 7. The first-order valence-corrected chi connectivity index (χ1v) is 5.34. The average Bonchev–Trinajstić information content (AvgIpc) is 3.18. The Morgan fingerprint density at radius 2 is 1.76 bits per heavy atom. The van der Waals surface area contributed by atoms with Gasteiger partial charge >= 0.3 is 0 Å². The van der Waals surface area contributed by atoms with Gasteiger partial charge in [0.2, 0.25) is 0 Å². The first-order valence-electron chi connectivity index (χ1n) is 5.34. The van der Waals surface area contributed by atoms with E-state index in [0.717, 1.165) is 12.2 Å². The first kappa shape index (κ1) is 12.2. The minimum absolute atomic E-state index is 0.179. The van der Waals surface area contributed by atoms with Gasteiger partial charge in [0.15, 0.2) is 25.1 Å². The van der Waals surface area contributed by atoms with E-state index >= 15 is 0 Å². The molecule has 0 saturated carbocycles. The topological polar surface area (TPSA) is 49.5 Å². The molecule has 1 aromatic rings. The van der Waals surface area contributed by atoms with Gasteiger partial charge in [-0.25, -0.2) is 0 Å². The summed E-state index contributed by atoms with van der Waals surface area (Å²) in [4.78, 5) is 0. The highest BCUT2D eigenvalue weighted by Gasteiger charge is 2.25. The van der Waals surface area contributed by atoms with E-state index in [2.05, 4.69) is 0 Å². The van der Waals surface area contributed by atoms with Crippen LogP contribution < -0.4 is 9.47 Å². The van der Waals surface area contributed by atoms with Crippen molar-refractivity contribution in [1.29, 1.82) is 0 Å². The molecule has 1 saturated heterocycles. The third kappa shape index (κ3) is 3.33. The van der Waals surface area contributed by atoms with E-state index in [1.165, 1.54) is 0 Å². The number of hydrogen-bond donors (Lipinski definition) is 0. The molecule has 1 atom stereocenters. The predicted octanol–water partition coefficient (Wildman–Crippen LogP) is 1.72. The highest BCUT2D eigenvalue weighted by Crippen LogP contribution is 2.36. The molecule has 1 aliphatic heterocycles. The van der Waals surface area contributed by atoms with Gasteiger partial charge in [0.25, 0.3) is 0 Å². The largest absolute Gasteiger partial charge is 0.464 e. The Morgan fingerprint density at radius 3 is 2.35 bits per heavy atom. The molecule has 1 fully saturated rings. The molecule has 94 valence electrons. The summed E-state index contributed by atoms with van der Waals surface area (Å²) in [5, 5.41) is 0. The van der Waals surface area contributed by atoms with E-state index in [4.69, 9.17) is 23.7 Å². The van der Waals surface area contributed by atoms with Crippen LogP contribution in [0.5, 0.6) is 11.5 Å². The van der Waals surface area contributed by atoms with Gasteiger partial charge in [-0.05, 0) is 17.7 Å². The van der Waals surface area contributed by atoms with Gasteiger partial charge in [0.1, 0.15) is 6.10 Å². The number of benzene rings is 1. The van der Waals surface area contributed by atoms with E-state index < -0.39 is 0 Å². The lowest BCUT2D eigenvalue weighted by molar-refractivity contribution is 0.0322. The minimum atomic E-state index is 0.179. The Morgan fingerprint density at radius 1 is 1.12 bits per heavy atom. The maximum Gasteiger partial charge on any atom is 0.188 e. The van der Waals surface area contributed by atoms with Gasteiger partial charge in [-0.15, -0.1) is 0 Å². The molecule has 5 heteroatoms. The third-order valence-electron chi connectivity index (χ3n) is 2.34. The monoisotopic (exact) mass is 240 g/mol. The second kappa shape index (κ2) is 5.86. The zero-order valence-electron chi connectivity index (χ0n) is 9.97. The lowest BCUT2D eigenvalue weighted by atomic mass is 10.1. The van der Waals surface area contributed by atoms with Crippen LogP contribution in [0.2, 0.25) is 0 Å². The highest BCUT2D eigenvalue weighted by atomic mass is 16.7. The van der Waals surface area contributed by atoms with Gasteiger partial charge in [-0.2, -0.15) is 0 Å². The van der Waals surface area contributed by atoms with Crippen molar-refractivity contribution < 1.29 is 23.7 Å². The summed E-state index contributed by atoms with van der Waals surface area (Å²) >= 11 is 0. The molecule has 0 aliphatic carbocycles. The van der Waals surface area contributed by atoms with E-state index in [9.17, 15) is 0 Å². The molecule has 1 heterocycles. The minimum Gasteiger partial charge on any atom is -0.464 e. The van der Waals surface area contributed by atoms with Crippen molar-refractivity contribution >= 4 is 0 Å². The number of hydrogen-bond acceptors (Lipinski definition) is 5. The normalized spacial score (nSPS) is 17.9. The Bertz CT molecular complexity index is 362. The van der Waals surface area contributed by atoms with Crippen LogP contribution in [0.15, 0.2) is 18.2 Å². The molecule has 0 spiro atoms. The Hall–Kier alpha value is -1.30. The van der Waals surface area contributed by atoms with Crippen LogP contribution in [0.4, 0.5) is 0 Å². The van der Waals surface area contributed by atoms with Crippen LogP contribution in [0, 0.1) is 0 Å². The number of methoxy groups -OCH3 is 2. The van der Waals surface area contributed by atoms with Crippen LogP contribution in [-0.2, 0) is 14.2 Å². The van der Waals surface area contributed by atoms with Crippen molar-refractivity contribution in [2.45, 2.75) is 6.10 Å². The van der Waals surface area contributed by atoms with Gasteiger partial charge in [-0.3, -0.25) is 0 Å². The van der Waals surface area contributed by atoms with Crippen molar-refractivity contribution in [1.82, 2.24) is 0 Å². The maximum atomic E-state index is 5.44. The average molecular weight is 240 g/mol. The molecule has 2 rings (SSSR count). The fraction of sp³-hybridized carbons (Fsp3) is 0.500. The second-order valence-electron chi connectivity index (χ2n) is 3.63. The van der Waals surface area contributed by atoms with Gasteiger partial charge in [0, 0.05) is 14.2 Å². The third-order valence-corrected chi connectivity index (χ3v) is 2.34. The standard InChI is InChI=1S/C12H16O5/c1-13-7-16-10-4-3-9(12-6-15-12)5-11(10)17-8-14-2/h3-5,12H,6-8H2,1-2H3/t12-/m0/s1. The summed E-state index contributed by atoms with van der Waals surface area (Å²) in [5.41, 5.74) is 1.08. The van der Waals surface area contributed by atoms with Crippen LogP contribution in [0.1, 0.15) is 11.7 Å². The molecule has 0 aromatic heterocycles. The van der Waals surface area contributed by atoms with Crippen LogP contribution in [0.3, 0.4) is 0 Å². The number of ether oxygens (including phenoxy) is 5. The summed E-state index contributed by atoms with van der Waals surface area (Å²) in [5.74, 6) is 1.27. The SMILES string of the molecule is COCOc1ccc([C@@H]2CO2)cc1OCOC. The molecule has 1 aromatic carbocycles. The molecule has 0 amide bonds. The van der Waals surface area contributed by atoms with Gasteiger partial charge in [-0.1, -0.05) is 6.07 Å². The first-order chi connectivity index (χ1) is 8.35. The van der Waals surface area contributed by atoms with Crippen LogP contribution >= 0.6 is 0 Å². The van der Waals surface area contributed by atoms with E-state index in [-0.39, 0.29) is 19.7 Å². The van der Waals surface area contributed by atoms with Crippen molar-refractivity contribution in [3.05, 3.63) is 23.8 Å². The Balaban J connectivity index is 2.11. The van der Waals surface area contributed by atoms with E-state index in [1.807, 2.05) is 18.2 Å². The molecular weight excluding hydrogens is 224 g/mol. The van der Waals surface area contributed by atoms with Crippen molar-refractivity contribution in [2.24, 2.45) is 0 Å². The van der Waals surface area contributed by atoms with E-state index in [0.29, 0.717) is 11.5 Å². The van der Waals surface area contributed by atoms with Crippen molar-refractivity contribution in [3.63, 3.8) is 0 Å². The maximum absolute atomic E-state index is 5.44. The van der Waals surface area contributed by atoms with E-state index in [1.54, 1.807) is 14.2 Å². The fourth-order valence-corrected chi connectivity index (χ4v) is 1.44. The predicted molar refractivity (Wildman–Crippen MR) is 60.1 cm³/mol. The van der Waals surface area contributed by atoms with Crippen molar-refractivity contribution in [3.8, 4) is 11.5 Å². The molecule has 0 bridgehead atoms. The molecule has 5 nitrogen and oxygen atoms in total. The number of epoxide rings is 1. The zero-order chi connectivity index (χ0) is 12.1. The molecule has 0 unspecified atom stereocenters. The molecule has 1 aliphatic rings. The summed E-state index contributed by atoms with van der Waals surface area (Å²) in [6.07, 6.45) is 0.191. The summed E-state index contributed by atoms with van der Waals surface area (Å²) in [6.45, 7) is 1.13. The summed E-state index contributed by atoms with van der Waals surface area (Å²) < 4.78 is 25.8. The summed E-state index contributed by atoms with van der Waals surface area (Å²) in [6, 6.07) is 5.71. The lowest BCUT2D eigenvalue weighted by Crippen LogP contribution is -2.04. The van der Waals surface area contributed by atoms with Gasteiger partial charge < -0.3 is 23.7 Å². The quantitative estimate of drug-likeness (QED) is 0.536. The smallest absolute Gasteiger partial charge is 0.188 e. The second-order valence-corrected chi connectivity index (χ2v) is 3.63. The van der Waals surface area contributed by atoms with Crippen molar-refractivity contribution in [2.75, 3.05) is 34.4 Å². The van der Waals surface area contributed by atoms with Gasteiger partial charge in [0.05, 0.1) is 6.61 Å². The molecule has 17 heavy (non-hydrogen) atoms.